The Hall–Kier alpha value is -4.22. The number of hydrogen-bond acceptors (Lipinski definition) is 2. The van der Waals surface area contributed by atoms with Crippen molar-refractivity contribution < 1.29 is 39.9 Å². The van der Waals surface area contributed by atoms with E-state index in [0.717, 1.165) is 34.7 Å². The van der Waals surface area contributed by atoms with Gasteiger partial charge in [0, 0.05) is 31.6 Å². The Morgan fingerprint density at radius 2 is 1.44 bits per heavy atom. The molecule has 1 heterocycles. The van der Waals surface area contributed by atoms with E-state index in [2.05, 4.69) is 0 Å². The molecule has 0 atom stereocenters. The van der Waals surface area contributed by atoms with Crippen molar-refractivity contribution >= 4 is 16.7 Å². The number of hydrogen-bond donors (Lipinski definition) is 0. The number of halogens is 8. The molecule has 3 aromatic carbocycles. The van der Waals surface area contributed by atoms with Gasteiger partial charge < -0.3 is 9.47 Å². The van der Waals surface area contributed by atoms with Crippen molar-refractivity contribution in [2.75, 3.05) is 7.05 Å². The lowest BCUT2D eigenvalue weighted by atomic mass is 9.95. The average molecular weight is 554 g/mol. The maximum Gasteiger partial charge on any atom is 0.416 e. The van der Waals surface area contributed by atoms with E-state index in [-0.39, 0.29) is 28.0 Å². The summed E-state index contributed by atoms with van der Waals surface area (Å²) >= 11 is 0. The summed E-state index contributed by atoms with van der Waals surface area (Å²) in [5.41, 5.74) is -4.70. The molecule has 39 heavy (non-hydrogen) atoms. The number of carbonyl (C=O) groups excluding carboxylic acids is 1. The van der Waals surface area contributed by atoms with Crippen LogP contribution >= 0.6 is 0 Å². The number of fused-ring (bicyclic) bond motifs is 1. The van der Waals surface area contributed by atoms with Crippen molar-refractivity contribution in [1.29, 1.82) is 0 Å². The molecule has 0 aliphatic carbocycles. The smallest absolute Gasteiger partial charge is 0.336 e. The Labute approximate surface area is 215 Å². The van der Waals surface area contributed by atoms with Gasteiger partial charge in [-0.3, -0.25) is 9.59 Å². The Morgan fingerprint density at radius 1 is 0.872 bits per heavy atom. The van der Waals surface area contributed by atoms with Crippen LogP contribution in [0.1, 0.15) is 27.2 Å². The summed E-state index contributed by atoms with van der Waals surface area (Å²) in [6.07, 6.45) is -10.2. The van der Waals surface area contributed by atoms with Gasteiger partial charge in [-0.1, -0.05) is 18.2 Å². The third kappa shape index (κ3) is 5.36. The average Bonchev–Trinajstić information content (AvgIpc) is 2.85. The zero-order chi connectivity index (χ0) is 28.9. The first kappa shape index (κ1) is 27.8. The second kappa shape index (κ2) is 9.83. The zero-order valence-corrected chi connectivity index (χ0v) is 20.2. The van der Waals surface area contributed by atoms with E-state index in [1.165, 1.54) is 31.3 Å². The summed E-state index contributed by atoms with van der Waals surface area (Å²) in [6.45, 7) is -0.710. The lowest BCUT2D eigenvalue weighted by Crippen LogP contribution is -2.33. The van der Waals surface area contributed by atoms with Crippen molar-refractivity contribution in [1.82, 2.24) is 9.47 Å². The Balaban J connectivity index is 1.89. The molecule has 4 nitrogen and oxygen atoms in total. The van der Waals surface area contributed by atoms with Gasteiger partial charge in [-0.2, -0.15) is 26.3 Å². The van der Waals surface area contributed by atoms with E-state index in [1.54, 1.807) is 0 Å². The molecular weight excluding hydrogens is 536 g/mol. The molecule has 4 aromatic rings. The lowest BCUT2D eigenvalue weighted by molar-refractivity contribution is -0.143. The maximum atomic E-state index is 15.1. The van der Waals surface area contributed by atoms with Crippen LogP contribution in [0.3, 0.4) is 0 Å². The summed E-state index contributed by atoms with van der Waals surface area (Å²) in [4.78, 5) is 27.5. The molecule has 12 heteroatoms. The zero-order valence-electron chi connectivity index (χ0n) is 20.2. The van der Waals surface area contributed by atoms with Gasteiger partial charge in [0.25, 0.3) is 11.5 Å². The number of aromatic nitrogens is 1. The van der Waals surface area contributed by atoms with Gasteiger partial charge in [0.1, 0.15) is 17.3 Å². The van der Waals surface area contributed by atoms with Gasteiger partial charge in [0.2, 0.25) is 0 Å². The molecule has 0 bridgehead atoms. The van der Waals surface area contributed by atoms with E-state index < -0.39 is 64.4 Å². The summed E-state index contributed by atoms with van der Waals surface area (Å²) < 4.78 is 109. The number of carbonyl (C=O) groups is 1. The molecule has 204 valence electrons. The standard InChI is InChI=1S/C27H18F8N2O2/c1-36(13-14-10-16(26(30,31)32)12-17(11-14)27(33,34)35)25(39)23-21(15-6-8-18(28)9-7-15)22-19(24(38)37(23)2)4-3-5-20(22)29/h3-12H,13H2,1-2H3. The van der Waals surface area contributed by atoms with Crippen molar-refractivity contribution in [2.24, 2.45) is 7.05 Å². The molecule has 0 saturated carbocycles. The van der Waals surface area contributed by atoms with E-state index in [9.17, 15) is 40.3 Å². The highest BCUT2D eigenvalue weighted by Crippen LogP contribution is 2.37. The third-order valence-electron chi connectivity index (χ3n) is 6.12. The first-order chi connectivity index (χ1) is 18.1. The van der Waals surface area contributed by atoms with E-state index in [0.29, 0.717) is 12.1 Å². The van der Waals surface area contributed by atoms with E-state index in [4.69, 9.17) is 0 Å². The Kier molecular flexibility index (Phi) is 7.01. The van der Waals surface area contributed by atoms with Crippen LogP contribution in [0.5, 0.6) is 0 Å². The highest BCUT2D eigenvalue weighted by molar-refractivity contribution is 6.08. The molecule has 0 fully saturated rings. The number of alkyl halides is 6. The number of rotatable bonds is 4. The molecule has 0 aliphatic rings. The number of pyridine rings is 1. The van der Waals surface area contributed by atoms with Crippen LogP contribution in [0.15, 0.2) is 65.5 Å². The third-order valence-corrected chi connectivity index (χ3v) is 6.12. The van der Waals surface area contributed by atoms with Crippen LogP contribution in [0.25, 0.3) is 21.9 Å². The fourth-order valence-corrected chi connectivity index (χ4v) is 4.31. The molecule has 0 saturated heterocycles. The molecule has 1 aromatic heterocycles. The second-order valence-corrected chi connectivity index (χ2v) is 8.83. The molecular formula is C27H18F8N2O2. The lowest BCUT2D eigenvalue weighted by Gasteiger charge is -2.23. The monoisotopic (exact) mass is 554 g/mol. The number of nitrogens with zero attached hydrogens (tertiary/aromatic N) is 2. The quantitative estimate of drug-likeness (QED) is 0.261. The number of benzene rings is 3. The molecule has 0 N–H and O–H groups in total. The Morgan fingerprint density at radius 3 is 1.97 bits per heavy atom. The second-order valence-electron chi connectivity index (χ2n) is 8.83. The number of amides is 1. The first-order valence-corrected chi connectivity index (χ1v) is 11.2. The summed E-state index contributed by atoms with van der Waals surface area (Å²) in [7, 11) is 2.33. The highest BCUT2D eigenvalue weighted by atomic mass is 19.4. The van der Waals surface area contributed by atoms with Crippen molar-refractivity contribution in [3.05, 3.63) is 105 Å². The molecule has 0 unspecified atom stereocenters. The summed E-state index contributed by atoms with van der Waals surface area (Å²) in [5, 5.41) is -0.342. The van der Waals surface area contributed by atoms with Crippen LogP contribution < -0.4 is 5.56 Å². The van der Waals surface area contributed by atoms with Gasteiger partial charge in [-0.15, -0.1) is 0 Å². The summed E-state index contributed by atoms with van der Waals surface area (Å²) in [6, 6.07) is 9.19. The van der Waals surface area contributed by atoms with Gasteiger partial charge in [0.15, 0.2) is 0 Å². The van der Waals surface area contributed by atoms with Crippen molar-refractivity contribution in [3.8, 4) is 11.1 Å². The van der Waals surface area contributed by atoms with Crippen molar-refractivity contribution in [3.63, 3.8) is 0 Å². The van der Waals surface area contributed by atoms with Gasteiger partial charge in [-0.05, 0) is 53.6 Å². The van der Waals surface area contributed by atoms with Gasteiger partial charge in [-0.25, -0.2) is 8.78 Å². The predicted octanol–water partition coefficient (Wildman–Crippen LogP) is 6.79. The van der Waals surface area contributed by atoms with Crippen LogP contribution in [0, 0.1) is 11.6 Å². The topological polar surface area (TPSA) is 42.3 Å². The van der Waals surface area contributed by atoms with Crippen LogP contribution in [-0.2, 0) is 25.9 Å². The molecule has 4 rings (SSSR count). The molecule has 0 aliphatic heterocycles. The molecule has 1 amide bonds. The summed E-state index contributed by atoms with van der Waals surface area (Å²) in [5.74, 6) is -2.50. The Bertz CT molecular complexity index is 1610. The van der Waals surface area contributed by atoms with E-state index in [1.807, 2.05) is 0 Å². The minimum atomic E-state index is -5.09. The largest absolute Gasteiger partial charge is 0.416 e. The normalized spacial score (nSPS) is 12.2. The predicted molar refractivity (Wildman–Crippen MR) is 127 cm³/mol. The van der Waals surface area contributed by atoms with Gasteiger partial charge in [0.05, 0.1) is 16.5 Å². The SMILES string of the molecule is CN(Cc1cc(C(F)(F)F)cc(C(F)(F)F)c1)C(=O)c1c(-c2ccc(F)cc2)c2c(F)cccc2c(=O)n1C. The van der Waals surface area contributed by atoms with Crippen LogP contribution in [-0.4, -0.2) is 22.4 Å². The first-order valence-electron chi connectivity index (χ1n) is 11.2. The highest BCUT2D eigenvalue weighted by Gasteiger charge is 2.37. The van der Waals surface area contributed by atoms with E-state index >= 15 is 4.39 Å². The van der Waals surface area contributed by atoms with Crippen molar-refractivity contribution in [2.45, 2.75) is 18.9 Å². The molecule has 0 spiro atoms. The maximum absolute atomic E-state index is 15.1. The van der Waals surface area contributed by atoms with Crippen LogP contribution in [0.2, 0.25) is 0 Å². The fourth-order valence-electron chi connectivity index (χ4n) is 4.31. The minimum Gasteiger partial charge on any atom is -0.336 e. The fraction of sp³-hybridized carbons (Fsp3) is 0.185. The van der Waals surface area contributed by atoms with Crippen LogP contribution in [0.4, 0.5) is 35.1 Å². The van der Waals surface area contributed by atoms with Gasteiger partial charge >= 0.3 is 12.4 Å². The molecule has 0 radical (unpaired) electrons. The minimum absolute atomic E-state index is 0.0340.